The normalized spacial score (nSPS) is 16.5. The molecule has 7 aromatic carbocycles. The molecule has 0 amide bonds. The molecule has 402 valence electrons. The molecule has 0 aliphatic heterocycles. The summed E-state index contributed by atoms with van der Waals surface area (Å²) < 4.78 is 0. The molecule has 5 N–H and O–H groups in total. The van der Waals surface area contributed by atoms with Gasteiger partial charge in [0.05, 0.1) is 0 Å². The Morgan fingerprint density at radius 3 is 1.27 bits per heavy atom. The minimum absolute atomic E-state index is 0.633. The second-order valence-corrected chi connectivity index (χ2v) is 19.0. The zero-order chi connectivity index (χ0) is 55.3. The van der Waals surface area contributed by atoms with Crippen molar-refractivity contribution in [3.05, 3.63) is 202 Å². The van der Waals surface area contributed by atoms with Crippen LogP contribution in [-0.4, -0.2) is 61.1 Å². The van der Waals surface area contributed by atoms with E-state index < -0.39 is 0 Å². The van der Waals surface area contributed by atoms with Crippen LogP contribution in [-0.2, 0) is 25.7 Å². The first-order chi connectivity index (χ1) is 35.5. The van der Waals surface area contributed by atoms with Crippen molar-refractivity contribution in [2.24, 2.45) is 17.8 Å². The smallest absolute Gasteiger partial charge is 0.0319 e. The molecule has 9 rings (SSSR count). The monoisotopic (exact) mass is 997 g/mol. The summed E-state index contributed by atoms with van der Waals surface area (Å²) >= 11 is 0. The Hall–Kier alpha value is -5.14. The lowest BCUT2D eigenvalue weighted by molar-refractivity contribution is 0.361. The molecule has 5 heteroatoms. The standard InChI is InChI=1S/C18H18.C12H16.C12H18.C11H14.C10H14.5CH4O/c1-3-13(2)16-11-10-15-9-8-14-6-4-5-7-17(14)18(15)12-16;1-9-7-11-5-3-4-6-12(11)8-10(9)2;1-4-10(3)12-8-6-7-11(5-2)9-12;1-8-7-10-5-3-4-6-11(10)9(8)2;1-3-9(2)10-7-5-4-6-8-10;5*1-2/h4-13H,3H2,1-2H3;3-6,9-10H,7-8H2,1-2H3;6-10H,4-5H2,1-3H3;3-6,8-9H,7H2,1-2H3;4-9H,3H2,1-2H3;5*2H,1H3. The van der Waals surface area contributed by atoms with Crippen molar-refractivity contribution in [2.75, 3.05) is 35.5 Å². The van der Waals surface area contributed by atoms with E-state index in [1.807, 2.05) is 0 Å². The first-order valence-corrected chi connectivity index (χ1v) is 26.9. The van der Waals surface area contributed by atoms with Crippen LogP contribution in [0.25, 0.3) is 21.5 Å². The van der Waals surface area contributed by atoms with E-state index in [0.717, 1.165) is 65.6 Å². The first-order valence-electron chi connectivity index (χ1n) is 26.9. The van der Waals surface area contributed by atoms with E-state index in [0.29, 0.717) is 17.8 Å². The number of aliphatic hydroxyl groups is 5. The third-order valence-corrected chi connectivity index (χ3v) is 14.6. The zero-order valence-corrected chi connectivity index (χ0v) is 48.2. The Labute approximate surface area is 445 Å². The van der Waals surface area contributed by atoms with Crippen molar-refractivity contribution in [3.63, 3.8) is 0 Å². The van der Waals surface area contributed by atoms with Crippen LogP contribution in [0.1, 0.15) is 164 Å². The fourth-order valence-electron chi connectivity index (χ4n) is 8.98. The third-order valence-electron chi connectivity index (χ3n) is 14.6. The molecule has 7 aromatic rings. The Bertz CT molecular complexity index is 2400. The highest BCUT2D eigenvalue weighted by Crippen LogP contribution is 2.37. The maximum atomic E-state index is 7.00. The van der Waals surface area contributed by atoms with Gasteiger partial charge in [0.15, 0.2) is 0 Å². The molecule has 2 aliphatic carbocycles. The molecular formula is C68H100O5. The molecule has 2 aliphatic rings. The van der Waals surface area contributed by atoms with Gasteiger partial charge in [-0.1, -0.05) is 234 Å². The van der Waals surface area contributed by atoms with Crippen LogP contribution in [0.4, 0.5) is 0 Å². The van der Waals surface area contributed by atoms with E-state index in [1.54, 1.807) is 22.3 Å². The predicted octanol–water partition coefficient (Wildman–Crippen LogP) is 16.6. The lowest BCUT2D eigenvalue weighted by Crippen LogP contribution is -2.20. The summed E-state index contributed by atoms with van der Waals surface area (Å²) in [4.78, 5) is 0. The molecule has 0 aromatic heterocycles. The van der Waals surface area contributed by atoms with Crippen molar-refractivity contribution >= 4 is 21.5 Å². The van der Waals surface area contributed by atoms with Gasteiger partial charge in [-0.05, 0) is 152 Å². The fourth-order valence-corrected chi connectivity index (χ4v) is 8.98. The average Bonchev–Trinajstić information content (AvgIpc) is 3.77. The second kappa shape index (κ2) is 40.3. The highest BCUT2D eigenvalue weighted by atomic mass is 16.2. The van der Waals surface area contributed by atoms with Gasteiger partial charge in [0.25, 0.3) is 0 Å². The summed E-state index contributed by atoms with van der Waals surface area (Å²) in [6.07, 6.45) is 8.61. The molecule has 0 heterocycles. The maximum Gasteiger partial charge on any atom is 0.0319 e. The van der Waals surface area contributed by atoms with Crippen molar-refractivity contribution < 1.29 is 25.5 Å². The number of benzene rings is 7. The fraction of sp³-hybridized carbons (Fsp3) is 0.441. The number of aryl methyl sites for hydroxylation is 1. The van der Waals surface area contributed by atoms with Gasteiger partial charge in [0.1, 0.15) is 0 Å². The van der Waals surface area contributed by atoms with Crippen LogP contribution in [0.15, 0.2) is 158 Å². The zero-order valence-electron chi connectivity index (χ0n) is 48.2. The van der Waals surface area contributed by atoms with E-state index >= 15 is 0 Å². The summed E-state index contributed by atoms with van der Waals surface area (Å²) in [6.45, 7) is 25.1. The van der Waals surface area contributed by atoms with E-state index in [4.69, 9.17) is 25.5 Å². The molecule has 0 saturated carbocycles. The number of fused-ring (bicyclic) bond motifs is 5. The minimum atomic E-state index is 0.633. The molecule has 0 radical (unpaired) electrons. The van der Waals surface area contributed by atoms with Gasteiger partial charge in [-0.15, -0.1) is 0 Å². The van der Waals surface area contributed by atoms with Crippen molar-refractivity contribution in [1.82, 2.24) is 0 Å². The molecule has 7 atom stereocenters. The van der Waals surface area contributed by atoms with Crippen LogP contribution in [0, 0.1) is 17.8 Å². The summed E-state index contributed by atoms with van der Waals surface area (Å²) in [5.74, 6) is 5.38. The van der Waals surface area contributed by atoms with Gasteiger partial charge in [-0.3, -0.25) is 0 Å². The van der Waals surface area contributed by atoms with Crippen LogP contribution in [0.5, 0.6) is 0 Å². The van der Waals surface area contributed by atoms with E-state index in [2.05, 4.69) is 234 Å². The average molecular weight is 998 g/mol. The van der Waals surface area contributed by atoms with Gasteiger partial charge in [-0.25, -0.2) is 0 Å². The largest absolute Gasteiger partial charge is 0.400 e. The number of aliphatic hydroxyl groups excluding tert-OH is 5. The van der Waals surface area contributed by atoms with Crippen LogP contribution < -0.4 is 0 Å². The van der Waals surface area contributed by atoms with Gasteiger partial charge in [0, 0.05) is 35.5 Å². The summed E-state index contributed by atoms with van der Waals surface area (Å²) in [5.41, 5.74) is 12.1. The summed E-state index contributed by atoms with van der Waals surface area (Å²) in [6, 6.07) is 57.2. The number of hydrogen-bond acceptors (Lipinski definition) is 5. The van der Waals surface area contributed by atoms with Gasteiger partial charge >= 0.3 is 0 Å². The molecule has 5 nitrogen and oxygen atoms in total. The quantitative estimate of drug-likeness (QED) is 0.102. The van der Waals surface area contributed by atoms with Crippen molar-refractivity contribution in [2.45, 2.75) is 145 Å². The molecule has 73 heavy (non-hydrogen) atoms. The lowest BCUT2D eigenvalue weighted by Gasteiger charge is -2.27. The molecule has 0 spiro atoms. The van der Waals surface area contributed by atoms with Crippen LogP contribution >= 0.6 is 0 Å². The van der Waals surface area contributed by atoms with Crippen LogP contribution in [0.3, 0.4) is 0 Å². The van der Waals surface area contributed by atoms with E-state index in [-0.39, 0.29) is 0 Å². The Balaban J connectivity index is 0.000000861. The molecular weight excluding hydrogens is 897 g/mol. The first kappa shape index (κ1) is 67.9. The number of hydrogen-bond donors (Lipinski definition) is 5. The predicted molar refractivity (Wildman–Crippen MR) is 320 cm³/mol. The Morgan fingerprint density at radius 1 is 0.370 bits per heavy atom. The van der Waals surface area contributed by atoms with Gasteiger partial charge < -0.3 is 25.5 Å². The second-order valence-electron chi connectivity index (χ2n) is 19.0. The van der Waals surface area contributed by atoms with Gasteiger partial charge in [-0.2, -0.15) is 0 Å². The molecule has 0 bridgehead atoms. The van der Waals surface area contributed by atoms with E-state index in [1.165, 1.54) is 82.3 Å². The Kier molecular flexibility index (Phi) is 37.4. The van der Waals surface area contributed by atoms with Crippen LogP contribution in [0.2, 0.25) is 0 Å². The minimum Gasteiger partial charge on any atom is -0.400 e. The molecule has 7 unspecified atom stereocenters. The highest BCUT2D eigenvalue weighted by Gasteiger charge is 2.24. The lowest BCUT2D eigenvalue weighted by atomic mass is 9.78. The SMILES string of the molecule is CC1Cc2ccccc2C1C.CC1Cc2ccccc2CC1C.CCC(C)c1ccc2ccc3ccccc3c2c1.CCC(C)c1ccccc1.CCc1cccc(C(C)CC)c1.CO.CO.CO.CO.CO. The highest BCUT2D eigenvalue weighted by molar-refractivity contribution is 6.07. The van der Waals surface area contributed by atoms with Gasteiger partial charge in [0.2, 0.25) is 0 Å². The topological polar surface area (TPSA) is 101 Å². The number of rotatable bonds is 7. The molecule has 0 fully saturated rings. The maximum absolute atomic E-state index is 7.00. The van der Waals surface area contributed by atoms with Crippen molar-refractivity contribution in [3.8, 4) is 0 Å². The van der Waals surface area contributed by atoms with Crippen molar-refractivity contribution in [1.29, 1.82) is 0 Å². The molecule has 0 saturated heterocycles. The summed E-state index contributed by atoms with van der Waals surface area (Å²) in [5, 5.41) is 40.4. The Morgan fingerprint density at radius 2 is 0.767 bits per heavy atom. The third kappa shape index (κ3) is 22.5. The van der Waals surface area contributed by atoms with E-state index in [9.17, 15) is 0 Å². The summed E-state index contributed by atoms with van der Waals surface area (Å²) in [7, 11) is 5.00.